The fraction of sp³-hybridized carbons (Fsp3) is 0.619. The lowest BCUT2D eigenvalue weighted by Gasteiger charge is -2.21. The molecule has 2 N–H and O–H groups in total. The van der Waals surface area contributed by atoms with E-state index in [2.05, 4.69) is 10.6 Å². The molecule has 0 heterocycles. The number of carbonyl (C=O) groups is 2. The zero-order chi connectivity index (χ0) is 20.0. The Balaban J connectivity index is 1.95. The van der Waals surface area contributed by atoms with Gasteiger partial charge in [0, 0.05) is 5.92 Å². The molecule has 1 aliphatic carbocycles. The summed E-state index contributed by atoms with van der Waals surface area (Å²) >= 11 is 0. The van der Waals surface area contributed by atoms with E-state index in [1.165, 1.54) is 0 Å². The minimum atomic E-state index is -0.564. The molecule has 0 unspecified atom stereocenters. The topological polar surface area (TPSA) is 76.7 Å². The highest BCUT2D eigenvalue weighted by Crippen LogP contribution is 2.31. The highest BCUT2D eigenvalue weighted by atomic mass is 16.5. The average Bonchev–Trinajstić information content (AvgIpc) is 3.16. The molecule has 0 radical (unpaired) electrons. The van der Waals surface area contributed by atoms with Gasteiger partial charge in [0.1, 0.15) is 6.04 Å². The van der Waals surface area contributed by atoms with Crippen molar-refractivity contribution in [3.05, 3.63) is 23.8 Å². The van der Waals surface area contributed by atoms with E-state index >= 15 is 0 Å². The van der Waals surface area contributed by atoms with Gasteiger partial charge in [-0.1, -0.05) is 18.9 Å². The van der Waals surface area contributed by atoms with Crippen LogP contribution in [-0.2, 0) is 9.59 Å². The first kappa shape index (κ1) is 21.1. The first-order valence-corrected chi connectivity index (χ1v) is 9.77. The van der Waals surface area contributed by atoms with E-state index in [1.54, 1.807) is 14.0 Å². The van der Waals surface area contributed by atoms with Gasteiger partial charge in [-0.05, 0) is 58.2 Å². The van der Waals surface area contributed by atoms with Gasteiger partial charge in [-0.3, -0.25) is 9.59 Å². The summed E-state index contributed by atoms with van der Waals surface area (Å²) < 4.78 is 11.1. The molecule has 6 heteroatoms. The van der Waals surface area contributed by atoms with Gasteiger partial charge < -0.3 is 20.1 Å². The van der Waals surface area contributed by atoms with Crippen molar-refractivity contribution in [1.82, 2.24) is 10.6 Å². The maximum Gasteiger partial charge on any atom is 0.242 e. The van der Waals surface area contributed by atoms with Gasteiger partial charge in [0.15, 0.2) is 11.5 Å². The summed E-state index contributed by atoms with van der Waals surface area (Å²) in [5, 5.41) is 5.79. The van der Waals surface area contributed by atoms with Crippen LogP contribution in [0.4, 0.5) is 0 Å². The van der Waals surface area contributed by atoms with Crippen LogP contribution in [0.2, 0.25) is 0 Å². The van der Waals surface area contributed by atoms with Crippen molar-refractivity contribution in [3.8, 4) is 11.5 Å². The normalized spacial score (nSPS) is 16.7. The molecule has 0 bridgehead atoms. The van der Waals surface area contributed by atoms with Crippen molar-refractivity contribution >= 4 is 11.8 Å². The number of nitrogens with one attached hydrogen (secondary N) is 2. The molecule has 0 spiro atoms. The SMILES string of the molecule is COc1cc([C@H](C)NC(=O)[C@H](C)NC(=O)C2CCCC2)ccc1OC(C)C. The third kappa shape index (κ3) is 5.88. The summed E-state index contributed by atoms with van der Waals surface area (Å²) in [4.78, 5) is 24.7. The van der Waals surface area contributed by atoms with Crippen LogP contribution >= 0.6 is 0 Å². The van der Waals surface area contributed by atoms with Crippen LogP contribution in [-0.4, -0.2) is 31.1 Å². The second kappa shape index (κ2) is 9.62. The first-order valence-electron chi connectivity index (χ1n) is 9.77. The van der Waals surface area contributed by atoms with Crippen LogP contribution in [0, 0.1) is 5.92 Å². The molecule has 2 rings (SSSR count). The van der Waals surface area contributed by atoms with Crippen molar-refractivity contribution in [3.63, 3.8) is 0 Å². The molecule has 150 valence electrons. The van der Waals surface area contributed by atoms with E-state index < -0.39 is 6.04 Å². The third-order valence-electron chi connectivity index (χ3n) is 4.89. The highest BCUT2D eigenvalue weighted by molar-refractivity contribution is 5.88. The molecule has 6 nitrogen and oxygen atoms in total. The van der Waals surface area contributed by atoms with Crippen molar-refractivity contribution in [2.45, 2.75) is 71.6 Å². The summed E-state index contributed by atoms with van der Waals surface area (Å²) in [7, 11) is 1.59. The Kier molecular flexibility index (Phi) is 7.51. The molecule has 1 aromatic carbocycles. The third-order valence-corrected chi connectivity index (χ3v) is 4.89. The number of methoxy groups -OCH3 is 1. The van der Waals surface area contributed by atoms with Gasteiger partial charge in [0.05, 0.1) is 19.3 Å². The Morgan fingerprint density at radius 3 is 2.30 bits per heavy atom. The van der Waals surface area contributed by atoms with E-state index in [1.807, 2.05) is 39.0 Å². The van der Waals surface area contributed by atoms with E-state index in [4.69, 9.17) is 9.47 Å². The Morgan fingerprint density at radius 1 is 1.04 bits per heavy atom. The fourth-order valence-corrected chi connectivity index (χ4v) is 3.31. The molecular formula is C21H32N2O4. The zero-order valence-corrected chi connectivity index (χ0v) is 17.0. The van der Waals surface area contributed by atoms with Gasteiger partial charge in [-0.25, -0.2) is 0 Å². The monoisotopic (exact) mass is 376 g/mol. The van der Waals surface area contributed by atoms with Crippen LogP contribution in [0.15, 0.2) is 18.2 Å². The van der Waals surface area contributed by atoms with Crippen molar-refractivity contribution < 1.29 is 19.1 Å². The lowest BCUT2D eigenvalue weighted by Crippen LogP contribution is -2.47. The van der Waals surface area contributed by atoms with Crippen molar-refractivity contribution in [1.29, 1.82) is 0 Å². The number of hydrogen-bond donors (Lipinski definition) is 2. The molecule has 1 fully saturated rings. The van der Waals surface area contributed by atoms with Gasteiger partial charge >= 0.3 is 0 Å². The molecule has 2 atom stereocenters. The zero-order valence-electron chi connectivity index (χ0n) is 17.0. The lowest BCUT2D eigenvalue weighted by atomic mass is 10.1. The minimum absolute atomic E-state index is 0.0142. The summed E-state index contributed by atoms with van der Waals surface area (Å²) in [6.07, 6.45) is 4.07. The number of rotatable bonds is 8. The molecule has 1 aromatic rings. The van der Waals surface area contributed by atoms with Crippen LogP contribution in [0.3, 0.4) is 0 Å². The summed E-state index contributed by atoms with van der Waals surface area (Å²) in [6, 6.07) is 4.84. The van der Waals surface area contributed by atoms with E-state index in [-0.39, 0.29) is 29.9 Å². The second-order valence-electron chi connectivity index (χ2n) is 7.52. The van der Waals surface area contributed by atoms with Gasteiger partial charge in [0.2, 0.25) is 11.8 Å². The van der Waals surface area contributed by atoms with E-state index in [9.17, 15) is 9.59 Å². The van der Waals surface area contributed by atoms with Crippen molar-refractivity contribution in [2.75, 3.05) is 7.11 Å². The van der Waals surface area contributed by atoms with E-state index in [0.717, 1.165) is 31.2 Å². The Labute approximate surface area is 162 Å². The summed E-state index contributed by atoms with van der Waals surface area (Å²) in [6.45, 7) is 7.53. The maximum absolute atomic E-state index is 12.5. The van der Waals surface area contributed by atoms with Crippen LogP contribution < -0.4 is 20.1 Å². The standard InChI is InChI=1S/C21H32N2O4/c1-13(2)27-18-11-10-17(12-19(18)26-5)14(3)22-20(24)15(4)23-21(25)16-8-6-7-9-16/h10-16H,6-9H2,1-5H3,(H,22,24)(H,23,25)/t14-,15-/m0/s1. The molecular weight excluding hydrogens is 344 g/mol. The predicted molar refractivity (Wildman–Crippen MR) is 105 cm³/mol. The molecule has 27 heavy (non-hydrogen) atoms. The van der Waals surface area contributed by atoms with Gasteiger partial charge in [-0.2, -0.15) is 0 Å². The molecule has 0 aliphatic heterocycles. The lowest BCUT2D eigenvalue weighted by molar-refractivity contribution is -0.131. The Bertz CT molecular complexity index is 654. The van der Waals surface area contributed by atoms with E-state index in [0.29, 0.717) is 11.5 Å². The average molecular weight is 376 g/mol. The Hall–Kier alpha value is -2.24. The number of carbonyl (C=O) groups excluding carboxylic acids is 2. The van der Waals surface area contributed by atoms with Crippen molar-refractivity contribution in [2.24, 2.45) is 5.92 Å². The number of ether oxygens (including phenoxy) is 2. The molecule has 2 amide bonds. The van der Waals surface area contributed by atoms with Gasteiger partial charge in [0.25, 0.3) is 0 Å². The van der Waals surface area contributed by atoms with Gasteiger partial charge in [-0.15, -0.1) is 0 Å². The highest BCUT2D eigenvalue weighted by Gasteiger charge is 2.26. The Morgan fingerprint density at radius 2 is 1.70 bits per heavy atom. The second-order valence-corrected chi connectivity index (χ2v) is 7.52. The number of hydrogen-bond acceptors (Lipinski definition) is 4. The van der Waals surface area contributed by atoms with Crippen LogP contribution in [0.1, 0.15) is 65.0 Å². The fourth-order valence-electron chi connectivity index (χ4n) is 3.31. The molecule has 0 saturated heterocycles. The largest absolute Gasteiger partial charge is 0.493 e. The molecule has 1 aliphatic rings. The predicted octanol–water partition coefficient (Wildman–Crippen LogP) is 3.35. The number of amides is 2. The summed E-state index contributed by atoms with van der Waals surface area (Å²) in [5.41, 5.74) is 0.908. The quantitative estimate of drug-likeness (QED) is 0.729. The maximum atomic E-state index is 12.5. The smallest absolute Gasteiger partial charge is 0.242 e. The van der Waals surface area contributed by atoms with Crippen LogP contribution in [0.5, 0.6) is 11.5 Å². The first-order chi connectivity index (χ1) is 12.8. The molecule has 1 saturated carbocycles. The summed E-state index contributed by atoms with van der Waals surface area (Å²) in [5.74, 6) is 1.14. The number of benzene rings is 1. The van der Waals surface area contributed by atoms with Crippen LogP contribution in [0.25, 0.3) is 0 Å². The minimum Gasteiger partial charge on any atom is -0.493 e. The molecule has 0 aromatic heterocycles.